The Morgan fingerprint density at radius 2 is 1.43 bits per heavy atom. The minimum Gasteiger partial charge on any atom is -0.364 e. The third-order valence-corrected chi connectivity index (χ3v) is 2.77. The SMILES string of the molecule is Cc1cc(C(O)O)c(C(O)O)cc1Br. The molecule has 0 spiro atoms. The normalized spacial score (nSPS) is 11.4. The van der Waals surface area contributed by atoms with Gasteiger partial charge in [-0.05, 0) is 24.6 Å². The molecule has 1 aromatic carbocycles. The molecular weight excluding hydrogens is 252 g/mol. The predicted octanol–water partition coefficient (Wildman–Crippen LogP) is 0.724. The van der Waals surface area contributed by atoms with Crippen molar-refractivity contribution in [2.24, 2.45) is 0 Å². The van der Waals surface area contributed by atoms with Crippen LogP contribution < -0.4 is 0 Å². The van der Waals surface area contributed by atoms with Gasteiger partial charge >= 0.3 is 0 Å². The first kappa shape index (κ1) is 11.6. The fourth-order valence-corrected chi connectivity index (χ4v) is 1.53. The number of benzene rings is 1. The van der Waals surface area contributed by atoms with Gasteiger partial charge in [0.15, 0.2) is 12.6 Å². The third-order valence-electron chi connectivity index (χ3n) is 1.92. The van der Waals surface area contributed by atoms with Crippen LogP contribution in [0.4, 0.5) is 0 Å². The molecule has 5 heteroatoms. The van der Waals surface area contributed by atoms with E-state index in [1.54, 1.807) is 6.92 Å². The van der Waals surface area contributed by atoms with Crippen LogP contribution in [-0.4, -0.2) is 20.4 Å². The van der Waals surface area contributed by atoms with Gasteiger partial charge in [0, 0.05) is 15.6 Å². The van der Waals surface area contributed by atoms with Crippen molar-refractivity contribution in [3.8, 4) is 0 Å². The second kappa shape index (κ2) is 4.37. The standard InChI is InChI=1S/C9H11BrO4/c1-4-2-5(8(11)12)6(9(13)14)3-7(4)10/h2-3,8-9,11-14H,1H3. The van der Waals surface area contributed by atoms with Crippen LogP contribution in [0.2, 0.25) is 0 Å². The average Bonchev–Trinajstić information content (AvgIpc) is 2.08. The Labute approximate surface area is 89.6 Å². The van der Waals surface area contributed by atoms with Crippen LogP contribution in [0.5, 0.6) is 0 Å². The first-order valence-electron chi connectivity index (χ1n) is 3.95. The summed E-state index contributed by atoms with van der Waals surface area (Å²) < 4.78 is 0.685. The molecule has 0 aliphatic rings. The zero-order valence-electron chi connectivity index (χ0n) is 7.48. The van der Waals surface area contributed by atoms with Crippen LogP contribution in [0.1, 0.15) is 29.3 Å². The summed E-state index contributed by atoms with van der Waals surface area (Å²) in [6.45, 7) is 1.77. The van der Waals surface area contributed by atoms with Crippen molar-refractivity contribution in [1.82, 2.24) is 0 Å². The van der Waals surface area contributed by atoms with Gasteiger partial charge in [-0.1, -0.05) is 15.9 Å². The molecule has 0 aliphatic carbocycles. The summed E-state index contributed by atoms with van der Waals surface area (Å²) in [4.78, 5) is 0. The van der Waals surface area contributed by atoms with Crippen molar-refractivity contribution < 1.29 is 20.4 Å². The third kappa shape index (κ3) is 2.31. The van der Waals surface area contributed by atoms with Crippen molar-refractivity contribution in [3.63, 3.8) is 0 Å². The maximum atomic E-state index is 8.99. The van der Waals surface area contributed by atoms with E-state index in [9.17, 15) is 0 Å². The van der Waals surface area contributed by atoms with Gasteiger partial charge in [-0.3, -0.25) is 0 Å². The van der Waals surface area contributed by atoms with Crippen molar-refractivity contribution in [2.75, 3.05) is 0 Å². The van der Waals surface area contributed by atoms with Crippen LogP contribution in [0.3, 0.4) is 0 Å². The zero-order chi connectivity index (χ0) is 10.9. The minimum atomic E-state index is -1.72. The lowest BCUT2D eigenvalue weighted by Crippen LogP contribution is -2.06. The first-order chi connectivity index (χ1) is 6.43. The van der Waals surface area contributed by atoms with E-state index in [1.807, 2.05) is 0 Å². The van der Waals surface area contributed by atoms with E-state index in [0.29, 0.717) is 4.47 Å². The average molecular weight is 263 g/mol. The van der Waals surface area contributed by atoms with Crippen LogP contribution >= 0.6 is 15.9 Å². The molecule has 0 amide bonds. The summed E-state index contributed by atoms with van der Waals surface area (Å²) in [6.07, 6.45) is -3.43. The summed E-state index contributed by atoms with van der Waals surface area (Å²) in [6, 6.07) is 2.94. The van der Waals surface area contributed by atoms with E-state index in [4.69, 9.17) is 20.4 Å². The van der Waals surface area contributed by atoms with E-state index < -0.39 is 12.6 Å². The maximum Gasteiger partial charge on any atom is 0.178 e. The number of aliphatic hydroxyl groups is 4. The molecule has 78 valence electrons. The van der Waals surface area contributed by atoms with Crippen LogP contribution in [0.25, 0.3) is 0 Å². The molecule has 0 aliphatic heterocycles. The zero-order valence-corrected chi connectivity index (χ0v) is 9.06. The molecule has 0 heterocycles. The van der Waals surface area contributed by atoms with Crippen molar-refractivity contribution in [3.05, 3.63) is 33.3 Å². The molecule has 0 bridgehead atoms. The van der Waals surface area contributed by atoms with Gasteiger partial charge in [-0.15, -0.1) is 0 Å². The first-order valence-corrected chi connectivity index (χ1v) is 4.75. The summed E-state index contributed by atoms with van der Waals surface area (Å²) in [7, 11) is 0. The molecule has 0 radical (unpaired) electrons. The summed E-state index contributed by atoms with van der Waals surface area (Å²) in [5.41, 5.74) is 0.968. The highest BCUT2D eigenvalue weighted by Crippen LogP contribution is 2.28. The molecule has 4 nitrogen and oxygen atoms in total. The summed E-state index contributed by atoms with van der Waals surface area (Å²) in [5, 5.41) is 35.9. The molecule has 0 saturated heterocycles. The largest absolute Gasteiger partial charge is 0.364 e. The van der Waals surface area contributed by atoms with Gasteiger partial charge < -0.3 is 20.4 Å². The number of aliphatic hydroxyl groups excluding tert-OH is 2. The quantitative estimate of drug-likeness (QED) is 0.593. The van der Waals surface area contributed by atoms with E-state index >= 15 is 0 Å². The second-order valence-corrected chi connectivity index (χ2v) is 3.83. The van der Waals surface area contributed by atoms with Gasteiger partial charge in [-0.2, -0.15) is 0 Å². The van der Waals surface area contributed by atoms with Crippen molar-refractivity contribution in [1.29, 1.82) is 0 Å². The van der Waals surface area contributed by atoms with Crippen LogP contribution in [-0.2, 0) is 0 Å². The Bertz CT molecular complexity index is 303. The van der Waals surface area contributed by atoms with Gasteiger partial charge in [0.1, 0.15) is 0 Å². The molecule has 1 aromatic rings. The highest BCUT2D eigenvalue weighted by atomic mass is 79.9. The monoisotopic (exact) mass is 262 g/mol. The molecule has 14 heavy (non-hydrogen) atoms. The smallest absolute Gasteiger partial charge is 0.178 e. The lowest BCUT2D eigenvalue weighted by molar-refractivity contribution is -0.0635. The van der Waals surface area contributed by atoms with E-state index in [1.165, 1.54) is 12.1 Å². The summed E-state index contributed by atoms with van der Waals surface area (Å²) >= 11 is 3.21. The number of rotatable bonds is 2. The van der Waals surface area contributed by atoms with Crippen molar-refractivity contribution >= 4 is 15.9 Å². The van der Waals surface area contributed by atoms with E-state index in [-0.39, 0.29) is 11.1 Å². The fraction of sp³-hybridized carbons (Fsp3) is 0.333. The molecule has 0 saturated carbocycles. The Morgan fingerprint density at radius 1 is 1.00 bits per heavy atom. The van der Waals surface area contributed by atoms with E-state index in [2.05, 4.69) is 15.9 Å². The van der Waals surface area contributed by atoms with Crippen LogP contribution in [0.15, 0.2) is 16.6 Å². The number of hydrogen-bond donors (Lipinski definition) is 4. The van der Waals surface area contributed by atoms with Gasteiger partial charge in [0.25, 0.3) is 0 Å². The van der Waals surface area contributed by atoms with Gasteiger partial charge in [0.05, 0.1) is 0 Å². The molecule has 0 unspecified atom stereocenters. The second-order valence-electron chi connectivity index (χ2n) is 2.98. The summed E-state index contributed by atoms with van der Waals surface area (Å²) in [5.74, 6) is 0. The Morgan fingerprint density at radius 3 is 1.86 bits per heavy atom. The highest BCUT2D eigenvalue weighted by Gasteiger charge is 2.16. The highest BCUT2D eigenvalue weighted by molar-refractivity contribution is 9.10. The molecule has 4 N–H and O–H groups in total. The molecule has 1 rings (SSSR count). The van der Waals surface area contributed by atoms with Gasteiger partial charge in [-0.25, -0.2) is 0 Å². The Hall–Kier alpha value is -0.460. The lowest BCUT2D eigenvalue weighted by atomic mass is 10.0. The minimum absolute atomic E-state index is 0.0810. The number of aryl methyl sites for hydroxylation is 1. The Kier molecular flexibility index (Phi) is 3.63. The fourth-order valence-electron chi connectivity index (χ4n) is 1.17. The van der Waals surface area contributed by atoms with Crippen LogP contribution in [0, 0.1) is 6.92 Å². The molecule has 0 atom stereocenters. The molecule has 0 aromatic heterocycles. The van der Waals surface area contributed by atoms with E-state index in [0.717, 1.165) is 5.56 Å². The number of hydrogen-bond acceptors (Lipinski definition) is 4. The van der Waals surface area contributed by atoms with Gasteiger partial charge in [0.2, 0.25) is 0 Å². The topological polar surface area (TPSA) is 80.9 Å². The maximum absolute atomic E-state index is 8.99. The number of halogens is 1. The predicted molar refractivity (Wildman–Crippen MR) is 53.2 cm³/mol. The molecular formula is C9H11BrO4. The van der Waals surface area contributed by atoms with Crippen molar-refractivity contribution in [2.45, 2.75) is 19.5 Å². The lowest BCUT2D eigenvalue weighted by Gasteiger charge is -2.14. The Balaban J connectivity index is 3.31. The molecule has 0 fully saturated rings.